The van der Waals surface area contributed by atoms with Gasteiger partial charge in [0.25, 0.3) is 5.91 Å². The smallest absolute Gasteiger partial charge is 0.255 e. The van der Waals surface area contributed by atoms with E-state index in [1.807, 2.05) is 73.7 Å². The molecule has 0 saturated carbocycles. The fourth-order valence-electron chi connectivity index (χ4n) is 2.95. The van der Waals surface area contributed by atoms with Crippen molar-refractivity contribution in [2.75, 3.05) is 16.4 Å². The monoisotopic (exact) mass is 418 g/mol. The van der Waals surface area contributed by atoms with E-state index in [1.54, 1.807) is 6.07 Å². The highest BCUT2D eigenvalue weighted by atomic mass is 32.2. The fourth-order valence-corrected chi connectivity index (χ4v) is 3.71. The Morgan fingerprint density at radius 3 is 2.30 bits per heavy atom. The van der Waals surface area contributed by atoms with Gasteiger partial charge in [0.05, 0.1) is 5.75 Å². The van der Waals surface area contributed by atoms with Gasteiger partial charge in [0, 0.05) is 21.8 Å². The largest absolute Gasteiger partial charge is 0.325 e. The Morgan fingerprint density at radius 1 is 0.867 bits per heavy atom. The van der Waals surface area contributed by atoms with Gasteiger partial charge in [-0.15, -0.1) is 11.8 Å². The Kier molecular flexibility index (Phi) is 7.31. The average molecular weight is 419 g/mol. The van der Waals surface area contributed by atoms with Crippen LogP contribution in [0, 0.1) is 6.92 Å². The highest BCUT2D eigenvalue weighted by Crippen LogP contribution is 2.23. The second kappa shape index (κ2) is 10.1. The molecule has 0 aromatic heterocycles. The number of nitrogens with one attached hydrogen (secondary N) is 2. The number of anilines is 2. The quantitative estimate of drug-likeness (QED) is 0.456. The molecule has 3 rings (SSSR count). The van der Waals surface area contributed by atoms with Crippen LogP contribution in [0.4, 0.5) is 11.4 Å². The summed E-state index contributed by atoms with van der Waals surface area (Å²) >= 11 is 1.43. The van der Waals surface area contributed by atoms with Crippen LogP contribution in [0.1, 0.15) is 41.3 Å². The Bertz CT molecular complexity index is 1030. The lowest BCUT2D eigenvalue weighted by Crippen LogP contribution is -2.14. The van der Waals surface area contributed by atoms with Gasteiger partial charge >= 0.3 is 0 Å². The van der Waals surface area contributed by atoms with Crippen molar-refractivity contribution in [3.05, 3.63) is 89.5 Å². The summed E-state index contributed by atoms with van der Waals surface area (Å²) in [6.07, 6.45) is 0. The summed E-state index contributed by atoms with van der Waals surface area (Å²) in [6, 6.07) is 22.9. The molecule has 154 valence electrons. The fraction of sp³-hybridized carbons (Fsp3) is 0.200. The van der Waals surface area contributed by atoms with E-state index in [-0.39, 0.29) is 11.8 Å². The third kappa shape index (κ3) is 6.22. The summed E-state index contributed by atoms with van der Waals surface area (Å²) in [4.78, 5) is 25.6. The molecule has 0 saturated heterocycles. The van der Waals surface area contributed by atoms with Crippen molar-refractivity contribution in [2.24, 2.45) is 0 Å². The lowest BCUT2D eigenvalue weighted by molar-refractivity contribution is -0.113. The summed E-state index contributed by atoms with van der Waals surface area (Å²) < 4.78 is 0. The predicted molar refractivity (Wildman–Crippen MR) is 125 cm³/mol. The molecule has 5 heteroatoms. The van der Waals surface area contributed by atoms with E-state index < -0.39 is 0 Å². The average Bonchev–Trinajstić information content (AvgIpc) is 2.73. The Balaban J connectivity index is 1.54. The minimum atomic E-state index is -0.150. The van der Waals surface area contributed by atoms with Crippen LogP contribution >= 0.6 is 11.8 Å². The highest BCUT2D eigenvalue weighted by molar-refractivity contribution is 8.00. The molecule has 0 atom stereocenters. The number of thioether (sulfide) groups is 1. The van der Waals surface area contributed by atoms with Crippen molar-refractivity contribution in [3.8, 4) is 0 Å². The van der Waals surface area contributed by atoms with Crippen molar-refractivity contribution in [3.63, 3.8) is 0 Å². The number of carbonyl (C=O) groups is 2. The van der Waals surface area contributed by atoms with Gasteiger partial charge in [-0.1, -0.05) is 49.7 Å². The number of carbonyl (C=O) groups excluding carboxylic acids is 2. The molecular weight excluding hydrogens is 392 g/mol. The van der Waals surface area contributed by atoms with Gasteiger partial charge in [0.15, 0.2) is 0 Å². The summed E-state index contributed by atoms with van der Waals surface area (Å²) in [5.74, 6) is 0.542. The topological polar surface area (TPSA) is 58.2 Å². The van der Waals surface area contributed by atoms with E-state index in [0.29, 0.717) is 22.9 Å². The normalized spacial score (nSPS) is 10.7. The molecule has 3 aromatic carbocycles. The SMILES string of the molecule is Cc1cccc(C(=O)Nc2cccc(SCC(=O)Nc3ccc(C(C)C)cc3)c2)c1. The number of aryl methyl sites for hydroxylation is 1. The minimum Gasteiger partial charge on any atom is -0.325 e. The second-order valence-corrected chi connectivity index (χ2v) is 8.51. The lowest BCUT2D eigenvalue weighted by Gasteiger charge is -2.09. The molecule has 0 aliphatic carbocycles. The van der Waals surface area contributed by atoms with Gasteiger partial charge in [-0.2, -0.15) is 0 Å². The van der Waals surface area contributed by atoms with Crippen LogP contribution in [-0.2, 0) is 4.79 Å². The first kappa shape index (κ1) is 21.7. The molecule has 2 amide bonds. The van der Waals surface area contributed by atoms with Crippen molar-refractivity contribution >= 4 is 35.0 Å². The van der Waals surface area contributed by atoms with Gasteiger partial charge < -0.3 is 10.6 Å². The van der Waals surface area contributed by atoms with Crippen molar-refractivity contribution in [1.82, 2.24) is 0 Å². The van der Waals surface area contributed by atoms with E-state index in [9.17, 15) is 9.59 Å². The predicted octanol–water partition coefficient (Wildman–Crippen LogP) is 6.10. The Labute approximate surface area is 182 Å². The maximum absolute atomic E-state index is 12.4. The third-order valence-corrected chi connectivity index (χ3v) is 5.60. The molecule has 0 bridgehead atoms. The molecular formula is C25H26N2O2S. The van der Waals surface area contributed by atoms with E-state index in [4.69, 9.17) is 0 Å². The first-order chi connectivity index (χ1) is 14.4. The molecule has 4 nitrogen and oxygen atoms in total. The third-order valence-electron chi connectivity index (χ3n) is 4.60. The Hall–Kier alpha value is -3.05. The maximum Gasteiger partial charge on any atom is 0.255 e. The highest BCUT2D eigenvalue weighted by Gasteiger charge is 2.08. The number of hydrogen-bond acceptors (Lipinski definition) is 3. The van der Waals surface area contributed by atoms with Crippen LogP contribution in [0.15, 0.2) is 77.7 Å². The zero-order valence-corrected chi connectivity index (χ0v) is 18.3. The van der Waals surface area contributed by atoms with E-state index in [0.717, 1.165) is 16.1 Å². The first-order valence-corrected chi connectivity index (χ1v) is 10.9. The van der Waals surface area contributed by atoms with E-state index >= 15 is 0 Å². The van der Waals surface area contributed by atoms with Crippen LogP contribution in [0.3, 0.4) is 0 Å². The number of hydrogen-bond donors (Lipinski definition) is 2. The van der Waals surface area contributed by atoms with Crippen LogP contribution < -0.4 is 10.6 Å². The lowest BCUT2D eigenvalue weighted by atomic mass is 10.0. The molecule has 0 heterocycles. The van der Waals surface area contributed by atoms with Gasteiger partial charge in [0.1, 0.15) is 0 Å². The number of amides is 2. The maximum atomic E-state index is 12.4. The molecule has 0 unspecified atom stereocenters. The second-order valence-electron chi connectivity index (χ2n) is 7.46. The van der Waals surface area contributed by atoms with Crippen molar-refractivity contribution < 1.29 is 9.59 Å². The molecule has 0 aliphatic rings. The summed E-state index contributed by atoms with van der Waals surface area (Å²) in [6.45, 7) is 6.24. The van der Waals surface area contributed by atoms with E-state index in [1.165, 1.54) is 17.3 Å². The Morgan fingerprint density at radius 2 is 1.60 bits per heavy atom. The molecule has 30 heavy (non-hydrogen) atoms. The van der Waals surface area contributed by atoms with Gasteiger partial charge in [0.2, 0.25) is 5.91 Å². The zero-order valence-electron chi connectivity index (χ0n) is 17.4. The van der Waals surface area contributed by atoms with Crippen molar-refractivity contribution in [2.45, 2.75) is 31.6 Å². The summed E-state index contributed by atoms with van der Waals surface area (Å²) in [7, 11) is 0. The van der Waals surface area contributed by atoms with Crippen molar-refractivity contribution in [1.29, 1.82) is 0 Å². The molecule has 0 aliphatic heterocycles. The van der Waals surface area contributed by atoms with Crippen LogP contribution in [0.2, 0.25) is 0 Å². The van der Waals surface area contributed by atoms with Gasteiger partial charge in [-0.3, -0.25) is 9.59 Å². The first-order valence-electron chi connectivity index (χ1n) is 9.91. The molecule has 0 fully saturated rings. The van der Waals surface area contributed by atoms with Crippen LogP contribution in [0.5, 0.6) is 0 Å². The van der Waals surface area contributed by atoms with Crippen LogP contribution in [-0.4, -0.2) is 17.6 Å². The molecule has 2 N–H and O–H groups in total. The summed E-state index contributed by atoms with van der Waals surface area (Å²) in [5, 5.41) is 5.84. The van der Waals surface area contributed by atoms with Gasteiger partial charge in [-0.25, -0.2) is 0 Å². The molecule has 3 aromatic rings. The summed E-state index contributed by atoms with van der Waals surface area (Å²) in [5.41, 5.74) is 4.40. The van der Waals surface area contributed by atoms with Crippen LogP contribution in [0.25, 0.3) is 0 Å². The molecule has 0 radical (unpaired) electrons. The zero-order chi connectivity index (χ0) is 21.5. The standard InChI is InChI=1S/C25H26N2O2S/c1-17(2)19-10-12-21(13-11-19)26-24(28)16-30-23-9-5-8-22(15-23)27-25(29)20-7-4-6-18(3)14-20/h4-15,17H,16H2,1-3H3,(H,26,28)(H,27,29). The number of benzene rings is 3. The van der Waals surface area contributed by atoms with E-state index in [2.05, 4.69) is 24.5 Å². The number of rotatable bonds is 7. The van der Waals surface area contributed by atoms with Gasteiger partial charge in [-0.05, 0) is 60.9 Å². The molecule has 0 spiro atoms. The minimum absolute atomic E-state index is 0.0634.